The van der Waals surface area contributed by atoms with Crippen molar-refractivity contribution in [3.05, 3.63) is 0 Å². The number of carbonyl (C=O) groups is 2. The van der Waals surface area contributed by atoms with Gasteiger partial charge in [-0.1, -0.05) is 0 Å². The molecule has 0 aromatic heterocycles. The Hall–Kier alpha value is -1.33. The minimum atomic E-state index is -6.50. The zero-order chi connectivity index (χ0) is 16.4. The molecule has 0 spiro atoms. The van der Waals surface area contributed by atoms with Gasteiger partial charge >= 0.3 is 27.3 Å². The van der Waals surface area contributed by atoms with E-state index in [2.05, 4.69) is 8.85 Å². The second kappa shape index (κ2) is 5.97. The molecule has 0 rings (SSSR count). The van der Waals surface area contributed by atoms with Crippen molar-refractivity contribution in [1.29, 1.82) is 0 Å². The maximum Gasteiger partial charge on any atom is 0.459 e. The van der Waals surface area contributed by atoms with Gasteiger partial charge in [-0.15, -0.1) is 0 Å². The molecule has 0 heterocycles. The molecule has 118 valence electrons. The molecular formula is C8H9F7O4Si. The number of halogens is 7. The lowest BCUT2D eigenvalue weighted by molar-refractivity contribution is -0.350. The first-order valence-corrected chi connectivity index (χ1v) is 6.63. The first-order chi connectivity index (χ1) is 8.70. The van der Waals surface area contributed by atoms with Crippen LogP contribution < -0.4 is 0 Å². The van der Waals surface area contributed by atoms with Crippen molar-refractivity contribution in [3.8, 4) is 0 Å². The lowest BCUT2D eigenvalue weighted by atomic mass is 10.2. The van der Waals surface area contributed by atoms with Gasteiger partial charge in [-0.2, -0.15) is 30.7 Å². The van der Waals surface area contributed by atoms with Crippen molar-refractivity contribution in [2.75, 3.05) is 0 Å². The highest BCUT2D eigenvalue weighted by atomic mass is 28.3. The zero-order valence-electron chi connectivity index (χ0n) is 10.1. The molecule has 0 aliphatic carbocycles. The monoisotopic (exact) mass is 330 g/mol. The molecular weight excluding hydrogens is 321 g/mol. The smallest absolute Gasteiger partial charge is 0.459 e. The first-order valence-electron chi connectivity index (χ1n) is 4.87. The van der Waals surface area contributed by atoms with E-state index in [4.69, 9.17) is 0 Å². The van der Waals surface area contributed by atoms with E-state index < -0.39 is 45.3 Å². The molecule has 0 aliphatic heterocycles. The fraction of sp³-hybridized carbons (Fsp3) is 0.750. The summed E-state index contributed by atoms with van der Waals surface area (Å²) in [5.41, 5.74) is 0. The molecule has 0 saturated heterocycles. The summed E-state index contributed by atoms with van der Waals surface area (Å²) < 4.78 is 95.1. The van der Waals surface area contributed by atoms with E-state index in [9.17, 15) is 40.3 Å². The SMILES string of the molecule is CC(=O)O[SiH](CC(F)(F)C(F)(F)C(F)(F)F)OC(C)=O. The molecule has 0 aliphatic rings. The Balaban J connectivity index is 5.18. The van der Waals surface area contributed by atoms with Gasteiger partial charge in [-0.3, -0.25) is 9.59 Å². The van der Waals surface area contributed by atoms with E-state index in [0.29, 0.717) is 13.8 Å². The van der Waals surface area contributed by atoms with Gasteiger partial charge in [0.1, 0.15) is 0 Å². The molecule has 12 heteroatoms. The second-order valence-electron chi connectivity index (χ2n) is 3.63. The van der Waals surface area contributed by atoms with Crippen LogP contribution in [0.3, 0.4) is 0 Å². The molecule has 0 unspecified atom stereocenters. The van der Waals surface area contributed by atoms with E-state index in [0.717, 1.165) is 0 Å². The fourth-order valence-corrected chi connectivity index (χ4v) is 2.65. The molecule has 0 aromatic rings. The summed E-state index contributed by atoms with van der Waals surface area (Å²) in [5.74, 6) is -14.4. The Labute approximate surface area is 109 Å². The number of carbonyl (C=O) groups excluding carboxylic acids is 2. The highest BCUT2D eigenvalue weighted by Crippen LogP contribution is 2.48. The van der Waals surface area contributed by atoms with Gasteiger partial charge in [-0.25, -0.2) is 0 Å². The molecule has 0 atom stereocenters. The standard InChI is InChI=1S/C8H9F7O4Si/c1-4(16)18-20(19-5(2)17)3-6(9,10)7(11,12)8(13,14)15/h20H,3H2,1-2H3. The minimum Gasteiger partial charge on any atom is -0.487 e. The number of alkyl halides is 7. The third-order valence-electron chi connectivity index (χ3n) is 1.83. The van der Waals surface area contributed by atoms with Crippen molar-refractivity contribution in [2.24, 2.45) is 0 Å². The number of rotatable bonds is 5. The van der Waals surface area contributed by atoms with Crippen molar-refractivity contribution >= 4 is 21.2 Å². The van der Waals surface area contributed by atoms with E-state index in [-0.39, 0.29) is 0 Å². The maximum absolute atomic E-state index is 13.0. The first kappa shape index (κ1) is 18.7. The van der Waals surface area contributed by atoms with Crippen LogP contribution in [-0.4, -0.2) is 39.2 Å². The van der Waals surface area contributed by atoms with Gasteiger partial charge < -0.3 is 8.85 Å². The molecule has 0 saturated carbocycles. The van der Waals surface area contributed by atoms with Crippen molar-refractivity contribution in [2.45, 2.75) is 37.9 Å². The second-order valence-corrected chi connectivity index (χ2v) is 5.37. The average molecular weight is 330 g/mol. The van der Waals surface area contributed by atoms with Crippen LogP contribution in [0.25, 0.3) is 0 Å². The lowest BCUT2D eigenvalue weighted by Gasteiger charge is -2.29. The van der Waals surface area contributed by atoms with Crippen LogP contribution in [0.2, 0.25) is 6.04 Å². The van der Waals surface area contributed by atoms with Gasteiger partial charge in [0.2, 0.25) is 0 Å². The summed E-state index contributed by atoms with van der Waals surface area (Å²) in [5, 5.41) is 0. The Morgan fingerprint density at radius 2 is 1.25 bits per heavy atom. The summed E-state index contributed by atoms with van der Waals surface area (Å²) in [6.45, 7) is 1.40. The lowest BCUT2D eigenvalue weighted by Crippen LogP contribution is -2.54. The average Bonchev–Trinajstić information content (AvgIpc) is 2.11. The van der Waals surface area contributed by atoms with Gasteiger partial charge in [-0.05, 0) is 0 Å². The summed E-state index contributed by atoms with van der Waals surface area (Å²) >= 11 is 0. The summed E-state index contributed by atoms with van der Waals surface area (Å²) in [6.07, 6.45) is -6.50. The number of hydrogen-bond acceptors (Lipinski definition) is 4. The third kappa shape index (κ3) is 4.65. The van der Waals surface area contributed by atoms with Crippen LogP contribution >= 0.6 is 0 Å². The van der Waals surface area contributed by atoms with Crippen molar-refractivity contribution in [3.63, 3.8) is 0 Å². The van der Waals surface area contributed by atoms with Crippen LogP contribution in [0.5, 0.6) is 0 Å². The van der Waals surface area contributed by atoms with Gasteiger partial charge in [0.15, 0.2) is 0 Å². The third-order valence-corrected chi connectivity index (χ3v) is 3.87. The Morgan fingerprint density at radius 1 is 0.900 bits per heavy atom. The Kier molecular flexibility index (Phi) is 5.57. The summed E-state index contributed by atoms with van der Waals surface area (Å²) in [4.78, 5) is 21.1. The topological polar surface area (TPSA) is 52.6 Å². The van der Waals surface area contributed by atoms with Crippen molar-refractivity contribution < 1.29 is 49.2 Å². The molecule has 0 N–H and O–H groups in total. The quantitative estimate of drug-likeness (QED) is 0.573. The molecule has 4 nitrogen and oxygen atoms in total. The minimum absolute atomic E-state index is 0.698. The highest BCUT2D eigenvalue weighted by Gasteiger charge is 2.73. The van der Waals surface area contributed by atoms with E-state index >= 15 is 0 Å². The molecule has 0 fully saturated rings. The largest absolute Gasteiger partial charge is 0.487 e. The molecule has 0 bridgehead atoms. The van der Waals surface area contributed by atoms with Crippen LogP contribution in [-0.2, 0) is 18.4 Å². The van der Waals surface area contributed by atoms with Gasteiger partial charge in [0.25, 0.3) is 11.9 Å². The van der Waals surface area contributed by atoms with Crippen LogP contribution in [0.15, 0.2) is 0 Å². The normalized spacial score (nSPS) is 13.3. The summed E-state index contributed by atoms with van der Waals surface area (Å²) in [6, 6.07) is -2.20. The predicted molar refractivity (Wildman–Crippen MR) is 51.4 cm³/mol. The van der Waals surface area contributed by atoms with Crippen LogP contribution in [0.1, 0.15) is 13.8 Å². The Bertz CT molecular complexity index is 366. The Morgan fingerprint density at radius 3 is 1.50 bits per heavy atom. The highest BCUT2D eigenvalue weighted by molar-refractivity contribution is 6.49. The molecule has 20 heavy (non-hydrogen) atoms. The van der Waals surface area contributed by atoms with Gasteiger partial charge in [0.05, 0.1) is 6.04 Å². The zero-order valence-corrected chi connectivity index (χ0v) is 11.2. The summed E-state index contributed by atoms with van der Waals surface area (Å²) in [7, 11) is -4.08. The molecule has 0 radical (unpaired) electrons. The van der Waals surface area contributed by atoms with Crippen LogP contribution in [0.4, 0.5) is 30.7 Å². The maximum atomic E-state index is 13.0. The van der Waals surface area contributed by atoms with E-state index in [1.165, 1.54) is 0 Å². The van der Waals surface area contributed by atoms with E-state index in [1.54, 1.807) is 0 Å². The molecule has 0 amide bonds. The molecule has 0 aromatic carbocycles. The number of hydrogen-bond donors (Lipinski definition) is 0. The van der Waals surface area contributed by atoms with Crippen molar-refractivity contribution in [1.82, 2.24) is 0 Å². The fourth-order valence-electron chi connectivity index (χ4n) is 1.02. The van der Waals surface area contributed by atoms with Crippen LogP contribution in [0, 0.1) is 0 Å². The predicted octanol–water partition coefficient (Wildman–Crippen LogP) is 2.17. The van der Waals surface area contributed by atoms with Gasteiger partial charge in [0, 0.05) is 13.8 Å². The van der Waals surface area contributed by atoms with E-state index in [1.807, 2.05) is 0 Å².